The van der Waals surface area contributed by atoms with Crippen LogP contribution in [0.4, 0.5) is 24.5 Å². The van der Waals surface area contributed by atoms with Crippen LogP contribution in [0.25, 0.3) is 0 Å². The van der Waals surface area contributed by atoms with Crippen molar-refractivity contribution >= 4 is 11.4 Å². The number of nitrogen functional groups attached to an aromatic ring is 2. The Morgan fingerprint density at radius 3 is 1.38 bits per heavy atom. The summed E-state index contributed by atoms with van der Waals surface area (Å²) >= 11 is 0. The summed E-state index contributed by atoms with van der Waals surface area (Å²) in [6.45, 7) is 0.188. The maximum absolute atomic E-state index is 10.4. The van der Waals surface area contributed by atoms with E-state index in [1.807, 2.05) is 12.1 Å². The standard InChI is InChI=1S/C6H8N2.C2H3F3/c7-5-3-1-2-4-6(5)8;1-2(3,4)5/h1-4H,7-8H2;1H3. The molecule has 0 spiro atoms. The first kappa shape index (κ1) is 11.6. The lowest BCUT2D eigenvalue weighted by atomic mass is 10.3. The highest BCUT2D eigenvalue weighted by molar-refractivity contribution is 5.62. The highest BCUT2D eigenvalue weighted by Gasteiger charge is 2.15. The molecule has 4 N–H and O–H groups in total. The van der Waals surface area contributed by atoms with Crippen molar-refractivity contribution in [3.8, 4) is 0 Å². The number of rotatable bonds is 0. The summed E-state index contributed by atoms with van der Waals surface area (Å²) in [6, 6.07) is 7.25. The second-order valence-corrected chi connectivity index (χ2v) is 2.41. The average Bonchev–Trinajstić information content (AvgIpc) is 1.92. The van der Waals surface area contributed by atoms with Gasteiger partial charge in [0.25, 0.3) is 0 Å². The quantitative estimate of drug-likeness (QED) is 0.620. The van der Waals surface area contributed by atoms with Crippen LogP contribution in [-0.2, 0) is 0 Å². The molecule has 0 heterocycles. The fourth-order valence-electron chi connectivity index (χ4n) is 0.511. The molecule has 0 atom stereocenters. The topological polar surface area (TPSA) is 52.0 Å². The number of anilines is 2. The molecule has 2 nitrogen and oxygen atoms in total. The molecule has 0 saturated heterocycles. The van der Waals surface area contributed by atoms with Crippen molar-refractivity contribution in [2.75, 3.05) is 11.5 Å². The summed E-state index contributed by atoms with van der Waals surface area (Å²) in [4.78, 5) is 0. The van der Waals surface area contributed by atoms with E-state index in [0.717, 1.165) is 0 Å². The van der Waals surface area contributed by atoms with Crippen molar-refractivity contribution in [2.24, 2.45) is 0 Å². The third-order valence-electron chi connectivity index (χ3n) is 0.996. The van der Waals surface area contributed by atoms with Gasteiger partial charge >= 0.3 is 6.18 Å². The van der Waals surface area contributed by atoms with E-state index in [1.165, 1.54) is 0 Å². The molecule has 0 bridgehead atoms. The van der Waals surface area contributed by atoms with Crippen molar-refractivity contribution in [1.82, 2.24) is 0 Å². The molecular weight excluding hydrogens is 181 g/mol. The number of nitrogens with two attached hydrogens (primary N) is 2. The van der Waals surface area contributed by atoms with Gasteiger partial charge in [-0.3, -0.25) is 0 Å². The molecule has 0 aliphatic rings. The van der Waals surface area contributed by atoms with Crippen molar-refractivity contribution in [1.29, 1.82) is 0 Å². The van der Waals surface area contributed by atoms with Gasteiger partial charge in [-0.05, 0) is 12.1 Å². The average molecular weight is 192 g/mol. The molecule has 1 rings (SSSR count). The number of halogens is 3. The third-order valence-corrected chi connectivity index (χ3v) is 0.996. The Morgan fingerprint density at radius 2 is 1.23 bits per heavy atom. The maximum atomic E-state index is 10.4. The first-order valence-electron chi connectivity index (χ1n) is 3.47. The molecule has 0 aromatic heterocycles. The van der Waals surface area contributed by atoms with Crippen LogP contribution >= 0.6 is 0 Å². The molecule has 74 valence electrons. The molecule has 1 aromatic rings. The predicted molar refractivity (Wildman–Crippen MR) is 47.0 cm³/mol. The molecule has 0 aliphatic heterocycles. The normalized spacial score (nSPS) is 10.2. The van der Waals surface area contributed by atoms with Crippen LogP contribution < -0.4 is 11.5 Å². The van der Waals surface area contributed by atoms with Crippen LogP contribution in [0.3, 0.4) is 0 Å². The largest absolute Gasteiger partial charge is 0.397 e. The fourth-order valence-corrected chi connectivity index (χ4v) is 0.511. The van der Waals surface area contributed by atoms with E-state index >= 15 is 0 Å². The lowest BCUT2D eigenvalue weighted by molar-refractivity contribution is -0.110. The first-order valence-corrected chi connectivity index (χ1v) is 3.47. The van der Waals surface area contributed by atoms with E-state index in [2.05, 4.69) is 0 Å². The minimum Gasteiger partial charge on any atom is -0.397 e. The molecule has 0 fully saturated rings. The van der Waals surface area contributed by atoms with E-state index in [0.29, 0.717) is 11.4 Å². The molecule has 0 unspecified atom stereocenters. The van der Waals surface area contributed by atoms with Crippen LogP contribution in [0.1, 0.15) is 6.92 Å². The van der Waals surface area contributed by atoms with Gasteiger partial charge in [0.1, 0.15) is 0 Å². The number of benzene rings is 1. The van der Waals surface area contributed by atoms with Crippen LogP contribution in [0.15, 0.2) is 24.3 Å². The third kappa shape index (κ3) is 8.52. The highest BCUT2D eigenvalue weighted by Crippen LogP contribution is 2.10. The zero-order valence-electron chi connectivity index (χ0n) is 7.10. The van der Waals surface area contributed by atoms with Crippen LogP contribution in [0.2, 0.25) is 0 Å². The van der Waals surface area contributed by atoms with Crippen LogP contribution in [-0.4, -0.2) is 6.18 Å². The van der Waals surface area contributed by atoms with Gasteiger partial charge in [0.15, 0.2) is 0 Å². The van der Waals surface area contributed by atoms with Gasteiger partial charge in [0.2, 0.25) is 0 Å². The number of para-hydroxylation sites is 2. The van der Waals surface area contributed by atoms with Gasteiger partial charge in [-0.1, -0.05) is 12.1 Å². The van der Waals surface area contributed by atoms with Gasteiger partial charge < -0.3 is 11.5 Å². The Balaban J connectivity index is 0.000000252. The SMILES string of the molecule is CC(F)(F)F.Nc1ccccc1N. The first-order chi connectivity index (χ1) is 5.80. The monoisotopic (exact) mass is 192 g/mol. The van der Waals surface area contributed by atoms with E-state index in [4.69, 9.17) is 11.5 Å². The summed E-state index contributed by atoms with van der Waals surface area (Å²) in [7, 11) is 0. The van der Waals surface area contributed by atoms with E-state index in [1.54, 1.807) is 12.1 Å². The molecule has 1 aromatic carbocycles. The Kier molecular flexibility index (Phi) is 4.10. The number of hydrogen-bond donors (Lipinski definition) is 2. The van der Waals surface area contributed by atoms with E-state index in [-0.39, 0.29) is 6.92 Å². The van der Waals surface area contributed by atoms with Crippen molar-refractivity contribution < 1.29 is 13.2 Å². The highest BCUT2D eigenvalue weighted by atomic mass is 19.4. The van der Waals surface area contributed by atoms with Crippen molar-refractivity contribution in [2.45, 2.75) is 13.1 Å². The number of alkyl halides is 3. The van der Waals surface area contributed by atoms with Gasteiger partial charge in [-0.25, -0.2) is 0 Å². The Labute approximate surface area is 74.3 Å². The van der Waals surface area contributed by atoms with Gasteiger partial charge in [0.05, 0.1) is 11.4 Å². The maximum Gasteiger partial charge on any atom is 0.386 e. The second kappa shape index (κ2) is 4.59. The predicted octanol–water partition coefficient (Wildman–Crippen LogP) is 2.42. The summed E-state index contributed by atoms with van der Waals surface area (Å²) in [5, 5.41) is 0. The van der Waals surface area contributed by atoms with Crippen molar-refractivity contribution in [3.05, 3.63) is 24.3 Å². The summed E-state index contributed by atoms with van der Waals surface area (Å²) in [6.07, 6.45) is -4.00. The minimum absolute atomic E-state index is 0.188. The zero-order chi connectivity index (χ0) is 10.5. The van der Waals surface area contributed by atoms with E-state index < -0.39 is 6.18 Å². The lowest BCUT2D eigenvalue weighted by Gasteiger charge is -1.94. The Hall–Kier alpha value is -1.39. The summed E-state index contributed by atoms with van der Waals surface area (Å²) in [5.74, 6) is 0. The molecule has 0 aliphatic carbocycles. The Morgan fingerprint density at radius 1 is 1.00 bits per heavy atom. The van der Waals surface area contributed by atoms with Crippen molar-refractivity contribution in [3.63, 3.8) is 0 Å². The molecular formula is C8H11F3N2. The van der Waals surface area contributed by atoms with Gasteiger partial charge in [-0.15, -0.1) is 0 Å². The number of hydrogen-bond acceptors (Lipinski definition) is 2. The lowest BCUT2D eigenvalue weighted by Crippen LogP contribution is -1.95. The summed E-state index contributed by atoms with van der Waals surface area (Å²) < 4.78 is 31.1. The minimum atomic E-state index is -4.00. The molecule has 0 radical (unpaired) electrons. The van der Waals surface area contributed by atoms with Gasteiger partial charge in [-0.2, -0.15) is 13.2 Å². The zero-order valence-corrected chi connectivity index (χ0v) is 7.10. The Bertz CT molecular complexity index is 231. The van der Waals surface area contributed by atoms with Gasteiger partial charge in [0, 0.05) is 6.92 Å². The molecule has 5 heteroatoms. The van der Waals surface area contributed by atoms with Crippen LogP contribution in [0, 0.1) is 0 Å². The van der Waals surface area contributed by atoms with E-state index in [9.17, 15) is 13.2 Å². The van der Waals surface area contributed by atoms with Crippen LogP contribution in [0.5, 0.6) is 0 Å². The molecule has 0 saturated carbocycles. The fraction of sp³-hybridized carbons (Fsp3) is 0.250. The summed E-state index contributed by atoms with van der Waals surface area (Å²) in [5.41, 5.74) is 12.1. The second-order valence-electron chi connectivity index (χ2n) is 2.41. The molecule has 13 heavy (non-hydrogen) atoms. The molecule has 0 amide bonds. The smallest absolute Gasteiger partial charge is 0.386 e.